The van der Waals surface area contributed by atoms with Gasteiger partial charge >= 0.3 is 0 Å². The van der Waals surface area contributed by atoms with E-state index in [1.54, 1.807) is 11.0 Å². The van der Waals surface area contributed by atoms with Crippen molar-refractivity contribution in [2.75, 3.05) is 4.90 Å². The fourth-order valence-corrected chi connectivity index (χ4v) is 4.39. The summed E-state index contributed by atoms with van der Waals surface area (Å²) in [5.41, 5.74) is 4.14. The van der Waals surface area contributed by atoms with E-state index in [0.717, 1.165) is 37.2 Å². The maximum Gasteiger partial charge on any atom is 0.263 e. The lowest BCUT2D eigenvalue weighted by Gasteiger charge is -2.22. The van der Waals surface area contributed by atoms with Crippen molar-refractivity contribution in [3.8, 4) is 11.3 Å². The van der Waals surface area contributed by atoms with Crippen LogP contribution in [0.1, 0.15) is 11.3 Å². The summed E-state index contributed by atoms with van der Waals surface area (Å²) in [6.45, 7) is 0. The molecule has 1 aromatic heterocycles. The highest BCUT2D eigenvalue weighted by molar-refractivity contribution is 9.10. The molecule has 3 nitrogen and oxygen atoms in total. The van der Waals surface area contributed by atoms with Crippen molar-refractivity contribution >= 4 is 55.2 Å². The zero-order valence-corrected chi connectivity index (χ0v) is 20.0. The van der Waals surface area contributed by atoms with E-state index in [-0.39, 0.29) is 5.91 Å². The van der Waals surface area contributed by atoms with Crippen molar-refractivity contribution in [1.82, 2.24) is 0 Å². The van der Waals surface area contributed by atoms with Crippen LogP contribution in [0.4, 0.5) is 5.69 Å². The van der Waals surface area contributed by atoms with E-state index in [9.17, 15) is 4.79 Å². The van der Waals surface area contributed by atoms with Crippen LogP contribution in [-0.4, -0.2) is 5.91 Å². The number of carbonyl (C=O) groups excluding carboxylic acids is 1. The molecule has 5 rings (SSSR count). The van der Waals surface area contributed by atoms with Crippen LogP contribution >= 0.6 is 31.9 Å². The minimum absolute atomic E-state index is 0.0997. The third kappa shape index (κ3) is 4.01. The predicted molar refractivity (Wildman–Crippen MR) is 136 cm³/mol. The van der Waals surface area contributed by atoms with E-state index in [1.165, 1.54) is 0 Å². The lowest BCUT2D eigenvalue weighted by molar-refractivity contribution is -0.113. The maximum absolute atomic E-state index is 13.5. The van der Waals surface area contributed by atoms with E-state index in [1.807, 2.05) is 97.1 Å². The van der Waals surface area contributed by atoms with Crippen LogP contribution in [0.2, 0.25) is 0 Å². The Labute approximate surface area is 202 Å². The van der Waals surface area contributed by atoms with E-state index >= 15 is 0 Å². The third-order valence-electron chi connectivity index (χ3n) is 5.20. The molecule has 0 radical (unpaired) electrons. The molecule has 0 atom stereocenters. The standard InChI is InChI=1S/C27H17Br2NO2/c28-21-12-10-19(11-13-21)26-15-14-22(32-26)16-20-17-25(18-6-2-1-3-7-18)30(27(20)31)24-9-5-4-8-23(24)29/h1-17H/b20-16+. The van der Waals surface area contributed by atoms with E-state index in [2.05, 4.69) is 31.9 Å². The number of para-hydroxylation sites is 1. The molecule has 0 N–H and O–H groups in total. The first kappa shape index (κ1) is 20.7. The Balaban J connectivity index is 1.55. The summed E-state index contributed by atoms with van der Waals surface area (Å²) >= 11 is 7.04. The number of furan rings is 1. The van der Waals surface area contributed by atoms with Gasteiger partial charge in [0.2, 0.25) is 0 Å². The van der Waals surface area contributed by atoms with Gasteiger partial charge in [-0.25, -0.2) is 0 Å². The Morgan fingerprint density at radius 3 is 2.22 bits per heavy atom. The summed E-state index contributed by atoms with van der Waals surface area (Å²) in [7, 11) is 0. The molecule has 1 aliphatic rings. The topological polar surface area (TPSA) is 33.5 Å². The minimum atomic E-state index is -0.0997. The van der Waals surface area contributed by atoms with Gasteiger partial charge in [0.25, 0.3) is 5.91 Å². The third-order valence-corrected chi connectivity index (χ3v) is 6.40. The summed E-state index contributed by atoms with van der Waals surface area (Å²) in [5.74, 6) is 1.28. The molecule has 32 heavy (non-hydrogen) atoms. The van der Waals surface area contributed by atoms with Crippen LogP contribution in [0.15, 0.2) is 116 Å². The molecule has 0 aliphatic carbocycles. The zero-order chi connectivity index (χ0) is 22.1. The molecule has 0 bridgehead atoms. The first-order chi connectivity index (χ1) is 15.6. The highest BCUT2D eigenvalue weighted by atomic mass is 79.9. The van der Waals surface area contributed by atoms with Crippen molar-refractivity contribution < 1.29 is 9.21 Å². The molecule has 156 valence electrons. The van der Waals surface area contributed by atoms with E-state index in [4.69, 9.17) is 4.42 Å². The van der Waals surface area contributed by atoms with Crippen LogP contribution in [0.3, 0.4) is 0 Å². The Bertz CT molecular complexity index is 1350. The second-order valence-electron chi connectivity index (χ2n) is 7.30. The van der Waals surface area contributed by atoms with Crippen molar-refractivity contribution in [2.24, 2.45) is 0 Å². The predicted octanol–water partition coefficient (Wildman–Crippen LogP) is 7.94. The van der Waals surface area contributed by atoms with Crippen LogP contribution < -0.4 is 4.90 Å². The van der Waals surface area contributed by atoms with Crippen LogP contribution in [0, 0.1) is 0 Å². The lowest BCUT2D eigenvalue weighted by Crippen LogP contribution is -2.25. The van der Waals surface area contributed by atoms with Gasteiger partial charge in [0.15, 0.2) is 0 Å². The molecule has 0 fully saturated rings. The fraction of sp³-hybridized carbons (Fsp3) is 0. The minimum Gasteiger partial charge on any atom is -0.457 e. The number of rotatable bonds is 4. The number of halogens is 2. The van der Waals surface area contributed by atoms with E-state index < -0.39 is 0 Å². The largest absolute Gasteiger partial charge is 0.457 e. The van der Waals surface area contributed by atoms with E-state index in [0.29, 0.717) is 11.3 Å². The Hall–Kier alpha value is -3.15. The van der Waals surface area contributed by atoms with Gasteiger partial charge in [-0.3, -0.25) is 9.69 Å². The van der Waals surface area contributed by atoms with Gasteiger partial charge in [-0.2, -0.15) is 0 Å². The average Bonchev–Trinajstić information content (AvgIpc) is 3.41. The smallest absolute Gasteiger partial charge is 0.263 e. The molecule has 0 unspecified atom stereocenters. The number of carbonyl (C=O) groups is 1. The Morgan fingerprint density at radius 2 is 1.47 bits per heavy atom. The number of benzene rings is 3. The summed E-state index contributed by atoms with van der Waals surface area (Å²) in [6, 6.07) is 29.4. The number of anilines is 1. The maximum atomic E-state index is 13.5. The monoisotopic (exact) mass is 545 g/mol. The fourth-order valence-electron chi connectivity index (χ4n) is 3.66. The number of hydrogen-bond donors (Lipinski definition) is 0. The molecule has 4 aromatic rings. The van der Waals surface area contributed by atoms with Crippen molar-refractivity contribution in [3.05, 3.63) is 123 Å². The molecule has 0 saturated carbocycles. The molecule has 5 heteroatoms. The lowest BCUT2D eigenvalue weighted by atomic mass is 10.1. The number of nitrogens with zero attached hydrogens (tertiary/aromatic N) is 1. The van der Waals surface area contributed by atoms with Gasteiger partial charge in [-0.15, -0.1) is 0 Å². The Kier molecular flexibility index (Phi) is 5.68. The average molecular weight is 547 g/mol. The Morgan fingerprint density at radius 1 is 0.750 bits per heavy atom. The first-order valence-corrected chi connectivity index (χ1v) is 11.6. The molecular weight excluding hydrogens is 530 g/mol. The SMILES string of the molecule is O=C1/C(=C/c2ccc(-c3ccc(Br)cc3)o2)C=C(c2ccccc2)N1c1ccccc1Br. The van der Waals surface area contributed by atoms with Crippen LogP contribution in [0.25, 0.3) is 23.1 Å². The van der Waals surface area contributed by atoms with Crippen molar-refractivity contribution in [3.63, 3.8) is 0 Å². The second kappa shape index (κ2) is 8.77. The van der Waals surface area contributed by atoms with Crippen molar-refractivity contribution in [1.29, 1.82) is 0 Å². The molecule has 2 heterocycles. The van der Waals surface area contributed by atoms with Crippen LogP contribution in [0.5, 0.6) is 0 Å². The molecule has 1 aliphatic heterocycles. The van der Waals surface area contributed by atoms with Gasteiger partial charge in [0.05, 0.1) is 11.4 Å². The molecular formula is C27H17Br2NO2. The summed E-state index contributed by atoms with van der Waals surface area (Å²) < 4.78 is 7.89. The van der Waals surface area contributed by atoms with Crippen LogP contribution in [-0.2, 0) is 4.79 Å². The van der Waals surface area contributed by atoms with Gasteiger partial charge in [0, 0.05) is 20.1 Å². The molecule has 0 saturated heterocycles. The first-order valence-electron chi connectivity index (χ1n) is 10.0. The highest BCUT2D eigenvalue weighted by Gasteiger charge is 2.31. The normalized spacial score (nSPS) is 14.8. The number of hydrogen-bond acceptors (Lipinski definition) is 2. The molecule has 3 aromatic carbocycles. The second-order valence-corrected chi connectivity index (χ2v) is 9.07. The zero-order valence-electron chi connectivity index (χ0n) is 16.8. The molecule has 0 spiro atoms. The van der Waals surface area contributed by atoms with Crippen molar-refractivity contribution in [2.45, 2.75) is 0 Å². The summed E-state index contributed by atoms with van der Waals surface area (Å²) in [6.07, 6.45) is 3.71. The van der Waals surface area contributed by atoms with Gasteiger partial charge in [-0.1, -0.05) is 70.5 Å². The van der Waals surface area contributed by atoms with Gasteiger partial charge < -0.3 is 4.42 Å². The van der Waals surface area contributed by atoms with Gasteiger partial charge in [0.1, 0.15) is 11.5 Å². The summed E-state index contributed by atoms with van der Waals surface area (Å²) in [4.78, 5) is 15.2. The van der Waals surface area contributed by atoms with Gasteiger partial charge in [-0.05, 0) is 70.0 Å². The quantitative estimate of drug-likeness (QED) is 0.243. The highest BCUT2D eigenvalue weighted by Crippen LogP contribution is 2.38. The molecule has 1 amide bonds. The summed E-state index contributed by atoms with van der Waals surface area (Å²) in [5, 5.41) is 0. The number of amides is 1.